The van der Waals surface area contributed by atoms with Gasteiger partial charge in [0, 0.05) is 25.2 Å². The van der Waals surface area contributed by atoms with Gasteiger partial charge in [-0.25, -0.2) is 4.39 Å². The van der Waals surface area contributed by atoms with Crippen LogP contribution in [0.1, 0.15) is 44.2 Å². The molecular formula is C30H42ClFN4O4. The molecule has 2 aromatic rings. The fourth-order valence-corrected chi connectivity index (χ4v) is 4.16. The summed E-state index contributed by atoms with van der Waals surface area (Å²) in [5.74, 6) is 0.0863. The predicted octanol–water partition coefficient (Wildman–Crippen LogP) is 3.88. The fourth-order valence-electron chi connectivity index (χ4n) is 4.00. The fraction of sp³-hybridized carbons (Fsp3) is 0.500. The van der Waals surface area contributed by atoms with Gasteiger partial charge in [0.2, 0.25) is 17.7 Å². The standard InChI is InChI=1S/C21H29ClN4O4.C7H7F.C2H6/c1-26-13-19(28)25-12-18(27)23-8-2-3-14-6-7-16(22)11-17(14)30-10-9-24-20(21(26)29)15-4-5-15;1-6-2-4-7(8)5-3-6;1-2/h6-7,11,15,20,24H,2-5,8-10,12-13H2,1H3,(H,23,27)(H,25,28);2-5H,1H3;1-2H3. The van der Waals surface area contributed by atoms with E-state index >= 15 is 0 Å². The van der Waals surface area contributed by atoms with Crippen LogP contribution in [0.25, 0.3) is 0 Å². The van der Waals surface area contributed by atoms with E-state index in [0.717, 1.165) is 42.6 Å². The van der Waals surface area contributed by atoms with E-state index in [2.05, 4.69) is 16.0 Å². The molecule has 1 unspecified atom stereocenters. The summed E-state index contributed by atoms with van der Waals surface area (Å²) in [7, 11) is 1.60. The summed E-state index contributed by atoms with van der Waals surface area (Å²) in [5, 5.41) is 9.24. The minimum Gasteiger partial charge on any atom is -0.492 e. The molecule has 3 N–H and O–H groups in total. The SMILES string of the molecule is CC.CN1CC(=O)NCC(=O)NCCCc2ccc(Cl)cc2OCCNC(C2CC2)C1=O.Cc1ccc(F)cc1. The molecule has 4 rings (SSSR count). The van der Waals surface area contributed by atoms with Crippen molar-refractivity contribution in [2.75, 3.05) is 39.8 Å². The van der Waals surface area contributed by atoms with Crippen molar-refractivity contribution in [3.63, 3.8) is 0 Å². The zero-order valence-corrected chi connectivity index (χ0v) is 24.7. The van der Waals surface area contributed by atoms with Crippen LogP contribution in [0.4, 0.5) is 4.39 Å². The molecule has 1 heterocycles. The highest BCUT2D eigenvalue weighted by Gasteiger charge is 2.37. The molecule has 0 saturated heterocycles. The second kappa shape index (κ2) is 17.5. The quantitative estimate of drug-likeness (QED) is 0.478. The van der Waals surface area contributed by atoms with E-state index in [9.17, 15) is 18.8 Å². The van der Waals surface area contributed by atoms with Crippen LogP contribution in [-0.4, -0.2) is 68.5 Å². The van der Waals surface area contributed by atoms with Crippen molar-refractivity contribution in [2.24, 2.45) is 5.92 Å². The number of hydrogen-bond donors (Lipinski definition) is 3. The van der Waals surface area contributed by atoms with Gasteiger partial charge in [0.15, 0.2) is 0 Å². The highest BCUT2D eigenvalue weighted by atomic mass is 35.5. The Morgan fingerprint density at radius 1 is 0.975 bits per heavy atom. The summed E-state index contributed by atoms with van der Waals surface area (Å²) in [6, 6.07) is 11.6. The first kappa shape index (κ1) is 33.0. The Balaban J connectivity index is 0.000000475. The number of fused-ring (bicyclic) bond motifs is 1. The number of hydrogen-bond acceptors (Lipinski definition) is 5. The first-order valence-electron chi connectivity index (χ1n) is 13.9. The number of nitrogens with one attached hydrogen (secondary N) is 3. The third-order valence-electron chi connectivity index (χ3n) is 6.27. The van der Waals surface area contributed by atoms with Crippen LogP contribution >= 0.6 is 11.6 Å². The third-order valence-corrected chi connectivity index (χ3v) is 6.51. The van der Waals surface area contributed by atoms with Gasteiger partial charge in [0.05, 0.1) is 19.1 Å². The average molecular weight is 577 g/mol. The number of carbonyl (C=O) groups excluding carboxylic acids is 3. The molecular weight excluding hydrogens is 535 g/mol. The van der Waals surface area contributed by atoms with E-state index in [0.29, 0.717) is 24.7 Å². The van der Waals surface area contributed by atoms with Crippen molar-refractivity contribution >= 4 is 29.3 Å². The van der Waals surface area contributed by atoms with Gasteiger partial charge in [0.1, 0.15) is 18.2 Å². The Morgan fingerprint density at radius 3 is 2.33 bits per heavy atom. The van der Waals surface area contributed by atoms with E-state index in [4.69, 9.17) is 16.3 Å². The van der Waals surface area contributed by atoms with E-state index < -0.39 is 0 Å². The highest BCUT2D eigenvalue weighted by molar-refractivity contribution is 6.30. The maximum Gasteiger partial charge on any atom is 0.240 e. The Hall–Kier alpha value is -3.17. The number of likely N-dealkylation sites (N-methyl/N-ethyl adjacent to an activating group) is 1. The van der Waals surface area contributed by atoms with Crippen LogP contribution in [0.15, 0.2) is 42.5 Å². The lowest BCUT2D eigenvalue weighted by Gasteiger charge is -2.24. The van der Waals surface area contributed by atoms with Gasteiger partial charge >= 0.3 is 0 Å². The average Bonchev–Trinajstić information content (AvgIpc) is 3.78. The number of nitrogens with zero attached hydrogens (tertiary/aromatic N) is 1. The number of amides is 3. The van der Waals surface area contributed by atoms with Crippen molar-refractivity contribution in [2.45, 2.75) is 52.5 Å². The van der Waals surface area contributed by atoms with Crippen LogP contribution in [0.2, 0.25) is 5.02 Å². The molecule has 1 aliphatic heterocycles. The summed E-state index contributed by atoms with van der Waals surface area (Å²) < 4.78 is 18.0. The zero-order chi connectivity index (χ0) is 29.5. The topological polar surface area (TPSA) is 99.8 Å². The molecule has 0 spiro atoms. The van der Waals surface area contributed by atoms with Crippen LogP contribution in [0.5, 0.6) is 5.75 Å². The largest absolute Gasteiger partial charge is 0.492 e. The van der Waals surface area contributed by atoms with E-state index in [1.807, 2.05) is 32.9 Å². The second-order valence-corrected chi connectivity index (χ2v) is 10.0. The number of benzene rings is 2. The molecule has 2 aromatic carbocycles. The van der Waals surface area contributed by atoms with E-state index in [1.54, 1.807) is 25.2 Å². The summed E-state index contributed by atoms with van der Waals surface area (Å²) in [4.78, 5) is 38.3. The van der Waals surface area contributed by atoms with Gasteiger partial charge in [-0.1, -0.05) is 49.2 Å². The Labute approximate surface area is 242 Å². The minimum absolute atomic E-state index is 0.0839. The minimum atomic E-state index is -0.356. The van der Waals surface area contributed by atoms with Gasteiger partial charge in [-0.3, -0.25) is 14.4 Å². The molecule has 1 atom stereocenters. The first-order chi connectivity index (χ1) is 19.2. The lowest BCUT2D eigenvalue weighted by Crippen LogP contribution is -2.50. The van der Waals surface area contributed by atoms with Gasteiger partial charge in [0.25, 0.3) is 0 Å². The van der Waals surface area contributed by atoms with Crippen LogP contribution in [-0.2, 0) is 20.8 Å². The summed E-state index contributed by atoms with van der Waals surface area (Å²) in [6.07, 6.45) is 3.43. The number of aryl methyl sites for hydroxylation is 2. The van der Waals surface area contributed by atoms with Crippen LogP contribution in [0.3, 0.4) is 0 Å². The normalized spacial score (nSPS) is 19.1. The van der Waals surface area contributed by atoms with Gasteiger partial charge in [-0.2, -0.15) is 0 Å². The molecule has 2 aliphatic rings. The lowest BCUT2D eigenvalue weighted by atomic mass is 10.1. The number of ether oxygens (including phenoxy) is 1. The Bertz CT molecular complexity index is 1070. The summed E-state index contributed by atoms with van der Waals surface area (Å²) in [5.41, 5.74) is 2.10. The Morgan fingerprint density at radius 2 is 1.68 bits per heavy atom. The van der Waals surface area contributed by atoms with Crippen molar-refractivity contribution in [1.82, 2.24) is 20.9 Å². The molecule has 1 fully saturated rings. The second-order valence-electron chi connectivity index (χ2n) is 9.59. The van der Waals surface area contributed by atoms with Crippen LogP contribution in [0, 0.1) is 18.7 Å². The van der Waals surface area contributed by atoms with Gasteiger partial charge in [-0.05, 0) is 68.4 Å². The molecule has 3 amide bonds. The molecule has 0 bridgehead atoms. The van der Waals surface area contributed by atoms with Crippen molar-refractivity contribution in [3.8, 4) is 5.75 Å². The maximum atomic E-state index is 12.8. The number of halogens is 2. The van der Waals surface area contributed by atoms with Crippen molar-refractivity contribution in [3.05, 3.63) is 64.4 Å². The Kier molecular flexibility index (Phi) is 14.5. The summed E-state index contributed by atoms with van der Waals surface area (Å²) in [6.45, 7) is 7.12. The smallest absolute Gasteiger partial charge is 0.240 e. The summed E-state index contributed by atoms with van der Waals surface area (Å²) >= 11 is 6.12. The number of rotatable bonds is 1. The molecule has 40 heavy (non-hydrogen) atoms. The molecule has 0 aromatic heterocycles. The lowest BCUT2D eigenvalue weighted by molar-refractivity contribution is -0.137. The van der Waals surface area contributed by atoms with E-state index in [1.165, 1.54) is 17.0 Å². The van der Waals surface area contributed by atoms with Crippen molar-refractivity contribution < 1.29 is 23.5 Å². The first-order valence-corrected chi connectivity index (χ1v) is 14.3. The maximum absolute atomic E-state index is 12.8. The molecule has 0 radical (unpaired) electrons. The van der Waals surface area contributed by atoms with Gasteiger partial charge < -0.3 is 25.6 Å². The van der Waals surface area contributed by atoms with Crippen molar-refractivity contribution in [1.29, 1.82) is 0 Å². The highest BCUT2D eigenvalue weighted by Crippen LogP contribution is 2.33. The zero-order valence-electron chi connectivity index (χ0n) is 23.9. The van der Waals surface area contributed by atoms with Crippen LogP contribution < -0.4 is 20.7 Å². The van der Waals surface area contributed by atoms with Gasteiger partial charge in [-0.15, -0.1) is 0 Å². The third kappa shape index (κ3) is 11.9. The monoisotopic (exact) mass is 576 g/mol. The predicted molar refractivity (Wildman–Crippen MR) is 156 cm³/mol. The molecule has 8 nitrogen and oxygen atoms in total. The van der Waals surface area contributed by atoms with E-state index in [-0.39, 0.29) is 48.6 Å². The molecule has 10 heteroatoms. The molecule has 1 saturated carbocycles. The molecule has 220 valence electrons. The number of carbonyl (C=O) groups is 3. The molecule has 1 aliphatic carbocycles.